The van der Waals surface area contributed by atoms with Crippen molar-refractivity contribution < 1.29 is 23.9 Å². The fraction of sp³-hybridized carbons (Fsp3) is 0.0526. The molecular weight excluding hydrogens is 336 g/mol. The summed E-state index contributed by atoms with van der Waals surface area (Å²) in [5.74, 6) is -1.94. The van der Waals surface area contributed by atoms with E-state index in [9.17, 15) is 19.5 Å². The maximum atomic E-state index is 12.0. The number of nitrogens with zero attached hydrogens (tertiary/aromatic N) is 1. The highest BCUT2D eigenvalue weighted by Crippen LogP contribution is 2.27. The van der Waals surface area contributed by atoms with Gasteiger partial charge >= 0.3 is 0 Å². The van der Waals surface area contributed by atoms with E-state index in [1.165, 1.54) is 25.1 Å². The number of rotatable bonds is 3. The summed E-state index contributed by atoms with van der Waals surface area (Å²) in [5.41, 5.74) is 0.819. The van der Waals surface area contributed by atoms with Crippen LogP contribution in [0.25, 0.3) is 17.4 Å². The van der Waals surface area contributed by atoms with Gasteiger partial charge < -0.3 is 14.3 Å². The van der Waals surface area contributed by atoms with Crippen LogP contribution in [0.4, 0.5) is 0 Å². The monoisotopic (exact) mass is 347 g/mol. The maximum Gasteiger partial charge on any atom is 0.269 e. The molecule has 0 saturated carbocycles. The molecule has 3 rings (SSSR count). The van der Waals surface area contributed by atoms with Gasteiger partial charge in [0.15, 0.2) is 0 Å². The quantitative estimate of drug-likeness (QED) is 0.657. The molecule has 0 aliphatic carbocycles. The van der Waals surface area contributed by atoms with Crippen LogP contribution in [-0.4, -0.2) is 17.8 Å². The van der Waals surface area contributed by atoms with E-state index in [1.807, 2.05) is 0 Å². The Balaban J connectivity index is 1.99. The number of benzene rings is 1. The summed E-state index contributed by atoms with van der Waals surface area (Å²) in [6.07, 6.45) is 1.42. The second kappa shape index (κ2) is 6.53. The molecule has 7 heteroatoms. The maximum absolute atomic E-state index is 12.0. The lowest BCUT2D eigenvalue weighted by Crippen LogP contribution is -2.37. The third-order valence-electron chi connectivity index (χ3n) is 3.89. The van der Waals surface area contributed by atoms with Gasteiger partial charge in [0.05, 0.1) is 5.97 Å². The number of carbonyl (C=O) groups is 3. The van der Waals surface area contributed by atoms with Crippen LogP contribution >= 0.6 is 0 Å². The van der Waals surface area contributed by atoms with Crippen LogP contribution in [0.5, 0.6) is 0 Å². The molecule has 0 unspecified atom stereocenters. The number of hydrogen-bond donors (Lipinski definition) is 1. The Bertz CT molecular complexity index is 1050. The zero-order chi connectivity index (χ0) is 18.8. The highest BCUT2D eigenvalue weighted by molar-refractivity contribution is 6.19. The first kappa shape index (κ1) is 16.9. The molecule has 0 spiro atoms. The average molecular weight is 347 g/mol. The second-order valence-electron chi connectivity index (χ2n) is 5.52. The molecule has 0 bridgehead atoms. The number of aromatic carboxylic acids is 1. The summed E-state index contributed by atoms with van der Waals surface area (Å²) in [6.45, 7) is 1.51. The van der Waals surface area contributed by atoms with E-state index in [0.717, 1.165) is 0 Å². The molecule has 1 aliphatic heterocycles. The van der Waals surface area contributed by atoms with Crippen molar-refractivity contribution >= 4 is 23.9 Å². The van der Waals surface area contributed by atoms with E-state index in [-0.39, 0.29) is 22.3 Å². The third-order valence-corrected chi connectivity index (χ3v) is 3.89. The summed E-state index contributed by atoms with van der Waals surface area (Å²) < 4.78 is 5.64. The third kappa shape index (κ3) is 3.03. The molecule has 0 atom stereocenters. The predicted molar refractivity (Wildman–Crippen MR) is 87.9 cm³/mol. The van der Waals surface area contributed by atoms with Gasteiger partial charge in [-0.2, -0.15) is 5.26 Å². The van der Waals surface area contributed by atoms with Gasteiger partial charge in [-0.3, -0.25) is 14.9 Å². The Morgan fingerprint density at radius 2 is 2.00 bits per heavy atom. The highest BCUT2D eigenvalue weighted by Gasteiger charge is 2.27. The first-order valence-electron chi connectivity index (χ1n) is 7.51. The molecule has 1 N–H and O–H groups in total. The summed E-state index contributed by atoms with van der Waals surface area (Å²) in [4.78, 5) is 34.6. The molecule has 7 nitrogen and oxygen atoms in total. The molecule has 2 heterocycles. The number of imide groups is 1. The topological polar surface area (TPSA) is 123 Å². The van der Waals surface area contributed by atoms with Crippen LogP contribution in [0, 0.1) is 11.3 Å². The lowest BCUT2D eigenvalue weighted by atomic mass is 9.96. The Kier molecular flexibility index (Phi) is 4.25. The van der Waals surface area contributed by atoms with Crippen molar-refractivity contribution in [1.82, 2.24) is 5.32 Å². The summed E-state index contributed by atoms with van der Waals surface area (Å²) >= 11 is 0. The van der Waals surface area contributed by atoms with Crippen molar-refractivity contribution in [2.24, 2.45) is 0 Å². The zero-order valence-corrected chi connectivity index (χ0v) is 13.5. The minimum Gasteiger partial charge on any atom is -0.545 e. The zero-order valence-electron chi connectivity index (χ0n) is 13.5. The van der Waals surface area contributed by atoms with Gasteiger partial charge in [0.1, 0.15) is 23.2 Å². The lowest BCUT2D eigenvalue weighted by molar-refractivity contribution is -0.255. The summed E-state index contributed by atoms with van der Waals surface area (Å²) in [5, 5.41) is 22.1. The van der Waals surface area contributed by atoms with Gasteiger partial charge in [-0.1, -0.05) is 18.2 Å². The van der Waals surface area contributed by atoms with E-state index in [1.54, 1.807) is 30.3 Å². The summed E-state index contributed by atoms with van der Waals surface area (Å²) in [7, 11) is 0. The van der Waals surface area contributed by atoms with Gasteiger partial charge in [-0.25, -0.2) is 0 Å². The fourth-order valence-electron chi connectivity index (χ4n) is 2.54. The summed E-state index contributed by atoms with van der Waals surface area (Å²) in [6, 6.07) is 11.0. The minimum absolute atomic E-state index is 0.0152. The van der Waals surface area contributed by atoms with Crippen LogP contribution in [0.15, 0.2) is 57.5 Å². The standard InChI is InChI=1S/C19H12N2O5/c1-10-14(17(22)21-18(23)15(10)9-20)8-13-5-6-16(26-13)11-3-2-4-12(7-11)19(24)25/h2-8H,1H3,(H,24,25)(H,21,22,23)/p-1. The van der Waals surface area contributed by atoms with Crippen molar-refractivity contribution in [3.63, 3.8) is 0 Å². The first-order valence-corrected chi connectivity index (χ1v) is 7.51. The lowest BCUT2D eigenvalue weighted by Gasteiger charge is -2.15. The Morgan fingerprint density at radius 1 is 1.23 bits per heavy atom. The van der Waals surface area contributed by atoms with Gasteiger partial charge in [0.25, 0.3) is 11.8 Å². The van der Waals surface area contributed by atoms with Crippen molar-refractivity contribution in [2.75, 3.05) is 0 Å². The van der Waals surface area contributed by atoms with E-state index >= 15 is 0 Å². The largest absolute Gasteiger partial charge is 0.545 e. The minimum atomic E-state index is -1.30. The molecule has 1 aromatic carbocycles. The Hall–Kier alpha value is -3.92. The van der Waals surface area contributed by atoms with E-state index < -0.39 is 17.8 Å². The van der Waals surface area contributed by atoms with E-state index in [4.69, 9.17) is 9.68 Å². The van der Waals surface area contributed by atoms with Crippen molar-refractivity contribution in [3.8, 4) is 17.4 Å². The van der Waals surface area contributed by atoms with Crippen LogP contribution in [0.2, 0.25) is 0 Å². The van der Waals surface area contributed by atoms with Gasteiger partial charge in [-0.15, -0.1) is 0 Å². The van der Waals surface area contributed by atoms with Crippen molar-refractivity contribution in [2.45, 2.75) is 6.92 Å². The first-order chi connectivity index (χ1) is 12.4. The number of carbonyl (C=O) groups excluding carboxylic acids is 3. The number of furan rings is 1. The number of carboxylic acid groups (broad SMARTS) is 1. The highest BCUT2D eigenvalue weighted by atomic mass is 16.4. The molecule has 2 aromatic rings. The van der Waals surface area contributed by atoms with Gasteiger partial charge in [0.2, 0.25) is 0 Å². The van der Waals surface area contributed by atoms with Crippen molar-refractivity contribution in [1.29, 1.82) is 5.26 Å². The van der Waals surface area contributed by atoms with Gasteiger partial charge in [-0.05, 0) is 42.3 Å². The molecular formula is C19H11N2O5-. The van der Waals surface area contributed by atoms with Crippen LogP contribution in [-0.2, 0) is 9.59 Å². The average Bonchev–Trinajstić information content (AvgIpc) is 3.07. The van der Waals surface area contributed by atoms with Crippen molar-refractivity contribution in [3.05, 3.63) is 64.4 Å². The van der Waals surface area contributed by atoms with Gasteiger partial charge in [0, 0.05) is 11.1 Å². The molecule has 0 fully saturated rings. The number of amides is 2. The van der Waals surface area contributed by atoms with E-state index in [0.29, 0.717) is 17.1 Å². The smallest absolute Gasteiger partial charge is 0.269 e. The predicted octanol–water partition coefficient (Wildman–Crippen LogP) is 1.19. The number of nitriles is 1. The Labute approximate surface area is 147 Å². The molecule has 2 amide bonds. The normalized spacial score (nSPS) is 15.8. The molecule has 128 valence electrons. The van der Waals surface area contributed by atoms with Crippen LogP contribution in [0.1, 0.15) is 23.0 Å². The number of carboxylic acids is 1. The molecule has 0 saturated heterocycles. The fourth-order valence-corrected chi connectivity index (χ4v) is 2.54. The molecule has 0 radical (unpaired) electrons. The number of nitrogens with one attached hydrogen (secondary N) is 1. The SMILES string of the molecule is CC1=C(C#N)C(=O)NC(=O)C1=Cc1ccc(-c2cccc(C(=O)[O-])c2)o1. The Morgan fingerprint density at radius 3 is 2.69 bits per heavy atom. The number of hydrogen-bond acceptors (Lipinski definition) is 6. The molecule has 26 heavy (non-hydrogen) atoms. The van der Waals surface area contributed by atoms with E-state index in [2.05, 4.69) is 5.32 Å². The second-order valence-corrected chi connectivity index (χ2v) is 5.52. The van der Waals surface area contributed by atoms with Crippen LogP contribution in [0.3, 0.4) is 0 Å². The molecule has 1 aliphatic rings. The molecule has 1 aromatic heterocycles. The van der Waals surface area contributed by atoms with Crippen LogP contribution < -0.4 is 10.4 Å².